The highest BCUT2D eigenvalue weighted by atomic mass is 16.6. The SMILES string of the molecule is CC(C)(C)OC(=O)NN(CCCC(O)c1ccccc1)C(NC(=O)OCc1ccccc1)c1ccccc1. The Balaban J connectivity index is 1.75. The first kappa shape index (κ1) is 28.7. The third-order valence-corrected chi connectivity index (χ3v) is 5.59. The van der Waals surface area contributed by atoms with Crippen LogP contribution in [-0.4, -0.2) is 34.4 Å². The van der Waals surface area contributed by atoms with E-state index in [1.807, 2.05) is 91.0 Å². The first-order valence-electron chi connectivity index (χ1n) is 12.7. The Morgan fingerprint density at radius 2 is 1.39 bits per heavy atom. The maximum absolute atomic E-state index is 12.8. The number of ether oxygens (including phenoxy) is 2. The number of hydrogen-bond donors (Lipinski definition) is 3. The molecule has 0 aliphatic rings. The fourth-order valence-electron chi connectivity index (χ4n) is 3.82. The number of benzene rings is 3. The highest BCUT2D eigenvalue weighted by Crippen LogP contribution is 2.21. The van der Waals surface area contributed by atoms with Crippen LogP contribution in [0.2, 0.25) is 0 Å². The minimum Gasteiger partial charge on any atom is -0.445 e. The Bertz CT molecular complexity index is 1120. The van der Waals surface area contributed by atoms with Gasteiger partial charge in [0.2, 0.25) is 0 Å². The number of aliphatic hydroxyl groups is 1. The molecule has 0 aliphatic carbocycles. The molecule has 0 aromatic heterocycles. The molecule has 0 saturated carbocycles. The molecule has 0 heterocycles. The monoisotopic (exact) mass is 519 g/mol. The number of carbonyl (C=O) groups is 2. The Morgan fingerprint density at radius 1 is 0.842 bits per heavy atom. The van der Waals surface area contributed by atoms with Crippen LogP contribution >= 0.6 is 0 Å². The summed E-state index contributed by atoms with van der Waals surface area (Å²) < 4.78 is 10.9. The van der Waals surface area contributed by atoms with Crippen molar-refractivity contribution in [3.63, 3.8) is 0 Å². The lowest BCUT2D eigenvalue weighted by Gasteiger charge is -2.33. The van der Waals surface area contributed by atoms with E-state index in [0.29, 0.717) is 19.4 Å². The topological polar surface area (TPSA) is 100 Å². The molecule has 38 heavy (non-hydrogen) atoms. The number of carbonyl (C=O) groups excluding carboxylic acids is 2. The summed E-state index contributed by atoms with van der Waals surface area (Å²) in [6.07, 6.45) is -1.71. The third kappa shape index (κ3) is 9.88. The van der Waals surface area contributed by atoms with Crippen molar-refractivity contribution in [3.8, 4) is 0 Å². The van der Waals surface area contributed by atoms with Gasteiger partial charge < -0.3 is 19.9 Å². The van der Waals surface area contributed by atoms with Crippen molar-refractivity contribution < 1.29 is 24.2 Å². The van der Waals surface area contributed by atoms with Gasteiger partial charge in [-0.05, 0) is 50.3 Å². The molecular weight excluding hydrogens is 482 g/mol. The zero-order chi connectivity index (χ0) is 27.4. The highest BCUT2D eigenvalue weighted by molar-refractivity contribution is 5.69. The van der Waals surface area contributed by atoms with E-state index in [1.165, 1.54) is 0 Å². The summed E-state index contributed by atoms with van der Waals surface area (Å²) in [4.78, 5) is 25.6. The standard InChI is InChI=1S/C30H37N3O5/c1-30(2,3)38-29(36)32-33(21-13-20-26(34)24-16-9-5-10-17-24)27(25-18-11-6-12-19-25)31-28(35)37-22-23-14-7-4-8-15-23/h4-12,14-19,26-27,34H,13,20-22H2,1-3H3,(H,31,35)(H,32,36). The van der Waals surface area contributed by atoms with Crippen LogP contribution in [-0.2, 0) is 16.1 Å². The quantitative estimate of drug-likeness (QED) is 0.217. The largest absolute Gasteiger partial charge is 0.445 e. The van der Waals surface area contributed by atoms with Crippen molar-refractivity contribution >= 4 is 12.2 Å². The van der Waals surface area contributed by atoms with Crippen molar-refractivity contribution in [1.82, 2.24) is 15.8 Å². The second kappa shape index (κ2) is 14.2. The van der Waals surface area contributed by atoms with Gasteiger partial charge >= 0.3 is 12.2 Å². The van der Waals surface area contributed by atoms with E-state index in [9.17, 15) is 14.7 Å². The lowest BCUT2D eigenvalue weighted by molar-refractivity contribution is 0.0167. The molecule has 3 aromatic rings. The summed E-state index contributed by atoms with van der Waals surface area (Å²) in [6.45, 7) is 5.77. The van der Waals surface area contributed by atoms with Crippen LogP contribution in [0.5, 0.6) is 0 Å². The van der Waals surface area contributed by atoms with Gasteiger partial charge in [0.1, 0.15) is 18.4 Å². The van der Waals surface area contributed by atoms with Crippen LogP contribution in [0.3, 0.4) is 0 Å². The number of hydrazine groups is 1. The van der Waals surface area contributed by atoms with Crippen LogP contribution in [0.15, 0.2) is 91.0 Å². The Hall–Kier alpha value is -3.88. The van der Waals surface area contributed by atoms with E-state index in [4.69, 9.17) is 9.47 Å². The van der Waals surface area contributed by atoms with E-state index in [2.05, 4.69) is 10.7 Å². The molecule has 2 unspecified atom stereocenters. The second-order valence-electron chi connectivity index (χ2n) is 9.90. The molecule has 0 spiro atoms. The van der Waals surface area contributed by atoms with Gasteiger partial charge in [-0.1, -0.05) is 91.0 Å². The van der Waals surface area contributed by atoms with Gasteiger partial charge in [0.25, 0.3) is 0 Å². The molecule has 2 amide bonds. The summed E-state index contributed by atoms with van der Waals surface area (Å²) >= 11 is 0. The van der Waals surface area contributed by atoms with Gasteiger partial charge in [0.15, 0.2) is 0 Å². The van der Waals surface area contributed by atoms with E-state index in [0.717, 1.165) is 16.7 Å². The second-order valence-corrected chi connectivity index (χ2v) is 9.90. The number of nitrogens with one attached hydrogen (secondary N) is 2. The lowest BCUT2D eigenvalue weighted by Crippen LogP contribution is -2.52. The predicted molar refractivity (Wildman–Crippen MR) is 146 cm³/mol. The average molecular weight is 520 g/mol. The number of hydrogen-bond acceptors (Lipinski definition) is 6. The molecule has 2 atom stereocenters. The Labute approximate surface area is 224 Å². The molecule has 0 radical (unpaired) electrons. The summed E-state index contributed by atoms with van der Waals surface area (Å²) in [6, 6.07) is 28.1. The van der Waals surface area contributed by atoms with Crippen molar-refractivity contribution in [3.05, 3.63) is 108 Å². The van der Waals surface area contributed by atoms with E-state index < -0.39 is 30.1 Å². The number of nitrogens with zero attached hydrogens (tertiary/aromatic N) is 1. The summed E-state index contributed by atoms with van der Waals surface area (Å²) in [5, 5.41) is 15.1. The van der Waals surface area contributed by atoms with Crippen LogP contribution in [0.1, 0.15) is 62.6 Å². The van der Waals surface area contributed by atoms with Crippen LogP contribution in [0.4, 0.5) is 9.59 Å². The van der Waals surface area contributed by atoms with Gasteiger partial charge in [0.05, 0.1) is 6.10 Å². The molecule has 0 aliphatic heterocycles. The van der Waals surface area contributed by atoms with Crippen molar-refractivity contribution in [1.29, 1.82) is 0 Å². The van der Waals surface area contributed by atoms with Gasteiger partial charge in [0, 0.05) is 6.54 Å². The van der Waals surface area contributed by atoms with Crippen LogP contribution in [0, 0.1) is 0 Å². The van der Waals surface area contributed by atoms with E-state index in [1.54, 1.807) is 25.8 Å². The van der Waals surface area contributed by atoms with Crippen LogP contribution < -0.4 is 10.7 Å². The van der Waals surface area contributed by atoms with Crippen molar-refractivity contribution in [2.75, 3.05) is 6.54 Å². The third-order valence-electron chi connectivity index (χ3n) is 5.59. The molecular formula is C30H37N3O5. The fraction of sp³-hybridized carbons (Fsp3) is 0.333. The van der Waals surface area contributed by atoms with Gasteiger partial charge in [-0.15, -0.1) is 0 Å². The van der Waals surface area contributed by atoms with E-state index in [-0.39, 0.29) is 6.61 Å². The van der Waals surface area contributed by atoms with E-state index >= 15 is 0 Å². The Morgan fingerprint density at radius 3 is 1.97 bits per heavy atom. The Kier molecular flexibility index (Phi) is 10.7. The molecule has 3 rings (SSSR count). The number of amides is 2. The molecule has 8 heteroatoms. The van der Waals surface area contributed by atoms with Gasteiger partial charge in [-0.2, -0.15) is 5.01 Å². The average Bonchev–Trinajstić information content (AvgIpc) is 2.90. The molecule has 3 N–H and O–H groups in total. The van der Waals surface area contributed by atoms with Crippen molar-refractivity contribution in [2.24, 2.45) is 0 Å². The molecule has 0 fully saturated rings. The summed E-state index contributed by atoms with van der Waals surface area (Å²) in [5.74, 6) is 0. The molecule has 0 bridgehead atoms. The smallest absolute Gasteiger partial charge is 0.422 e. The number of rotatable bonds is 11. The first-order chi connectivity index (χ1) is 18.2. The highest BCUT2D eigenvalue weighted by Gasteiger charge is 2.27. The molecule has 3 aromatic carbocycles. The minimum atomic E-state index is -0.749. The normalized spacial score (nSPS) is 12.9. The summed E-state index contributed by atoms with van der Waals surface area (Å²) in [5.41, 5.74) is 4.50. The molecule has 8 nitrogen and oxygen atoms in total. The summed E-state index contributed by atoms with van der Waals surface area (Å²) in [7, 11) is 0. The van der Waals surface area contributed by atoms with Gasteiger partial charge in [-0.3, -0.25) is 5.43 Å². The molecule has 0 saturated heterocycles. The number of alkyl carbamates (subject to hydrolysis) is 1. The zero-order valence-corrected chi connectivity index (χ0v) is 22.2. The first-order valence-corrected chi connectivity index (χ1v) is 12.7. The van der Waals surface area contributed by atoms with Gasteiger partial charge in [-0.25, -0.2) is 9.59 Å². The number of aliphatic hydroxyl groups excluding tert-OH is 1. The predicted octanol–water partition coefficient (Wildman–Crippen LogP) is 5.87. The zero-order valence-electron chi connectivity index (χ0n) is 22.2. The van der Waals surface area contributed by atoms with Crippen LogP contribution in [0.25, 0.3) is 0 Å². The minimum absolute atomic E-state index is 0.108. The maximum Gasteiger partial charge on any atom is 0.422 e. The molecule has 202 valence electrons. The lowest BCUT2D eigenvalue weighted by atomic mass is 10.0. The fourth-order valence-corrected chi connectivity index (χ4v) is 3.82. The maximum atomic E-state index is 12.8. The van der Waals surface area contributed by atoms with Crippen molar-refractivity contribution in [2.45, 2.75) is 58.1 Å².